The molecule has 0 radical (unpaired) electrons. The van der Waals surface area contributed by atoms with Gasteiger partial charge < -0.3 is 15.3 Å². The molecule has 0 spiro atoms. The Balaban J connectivity index is 2.11. The molecule has 1 aromatic heterocycles. The molecule has 0 fully saturated rings. The lowest BCUT2D eigenvalue weighted by Gasteiger charge is -2.09. The predicted octanol–water partition coefficient (Wildman–Crippen LogP) is 3.51. The van der Waals surface area contributed by atoms with Gasteiger partial charge in [0.05, 0.1) is 22.4 Å². The molecule has 0 aliphatic carbocycles. The maximum absolute atomic E-state index is 11.6. The van der Waals surface area contributed by atoms with Gasteiger partial charge in [0.1, 0.15) is 0 Å². The minimum atomic E-state index is -1.27. The Morgan fingerprint density at radius 2 is 1.37 bits per heavy atom. The molecule has 0 bridgehead atoms. The van der Waals surface area contributed by atoms with Crippen LogP contribution in [0.5, 0.6) is 0 Å². The van der Waals surface area contributed by atoms with Crippen molar-refractivity contribution < 1.29 is 29.7 Å². The smallest absolute Gasteiger partial charge is 0.336 e. The van der Waals surface area contributed by atoms with E-state index in [9.17, 15) is 19.5 Å². The second-order valence-electron chi connectivity index (χ2n) is 5.69. The number of benzene rings is 2. The van der Waals surface area contributed by atoms with Gasteiger partial charge in [-0.05, 0) is 47.5 Å². The zero-order valence-corrected chi connectivity index (χ0v) is 13.8. The van der Waals surface area contributed by atoms with E-state index < -0.39 is 17.9 Å². The summed E-state index contributed by atoms with van der Waals surface area (Å²) in [5.41, 5.74) is 1.70. The van der Waals surface area contributed by atoms with E-state index in [0.29, 0.717) is 16.8 Å². The Morgan fingerprint density at radius 3 is 2.04 bits per heavy atom. The summed E-state index contributed by atoms with van der Waals surface area (Å²) in [6, 6.07) is 13.4. The lowest BCUT2D eigenvalue weighted by Crippen LogP contribution is -2.05. The van der Waals surface area contributed by atoms with Crippen molar-refractivity contribution in [2.45, 2.75) is 0 Å². The van der Waals surface area contributed by atoms with Gasteiger partial charge in [-0.2, -0.15) is 0 Å². The van der Waals surface area contributed by atoms with Crippen molar-refractivity contribution >= 4 is 17.9 Å². The molecule has 2 aromatic carbocycles. The topological polar surface area (TPSA) is 125 Å². The molecule has 0 saturated carbocycles. The number of hydrogen-bond donors (Lipinski definition) is 3. The minimum absolute atomic E-state index is 0.128. The van der Waals surface area contributed by atoms with Crippen LogP contribution in [0.4, 0.5) is 0 Å². The molecule has 3 N–H and O–H groups in total. The Labute approximate surface area is 153 Å². The molecule has 3 rings (SSSR count). The van der Waals surface area contributed by atoms with Crippen LogP contribution >= 0.6 is 0 Å². The van der Waals surface area contributed by atoms with Crippen molar-refractivity contribution in [2.24, 2.45) is 0 Å². The van der Waals surface area contributed by atoms with Crippen LogP contribution < -0.4 is 0 Å². The summed E-state index contributed by atoms with van der Waals surface area (Å²) >= 11 is 0. The van der Waals surface area contributed by atoms with Crippen molar-refractivity contribution in [2.75, 3.05) is 0 Å². The van der Waals surface area contributed by atoms with Crippen LogP contribution in [0, 0.1) is 0 Å². The van der Waals surface area contributed by atoms with E-state index in [1.165, 1.54) is 30.5 Å². The van der Waals surface area contributed by atoms with Crippen molar-refractivity contribution in [1.29, 1.82) is 0 Å². The second-order valence-corrected chi connectivity index (χ2v) is 5.69. The van der Waals surface area contributed by atoms with Gasteiger partial charge >= 0.3 is 17.9 Å². The first-order chi connectivity index (χ1) is 12.9. The average Bonchev–Trinajstić information content (AvgIpc) is 2.67. The van der Waals surface area contributed by atoms with Crippen molar-refractivity contribution in [3.8, 4) is 22.4 Å². The SMILES string of the molecule is O=C(O)c1cccc(-c2ccnc(-c3ccc(C(=O)O)cc3C(=O)O)c2)c1. The highest BCUT2D eigenvalue weighted by Crippen LogP contribution is 2.28. The molecule has 3 aromatic rings. The average molecular weight is 363 g/mol. The van der Waals surface area contributed by atoms with Gasteiger partial charge in [-0.25, -0.2) is 14.4 Å². The first-order valence-electron chi connectivity index (χ1n) is 7.77. The summed E-state index contributed by atoms with van der Waals surface area (Å²) in [5, 5.41) is 27.6. The summed E-state index contributed by atoms with van der Waals surface area (Å²) in [6.45, 7) is 0. The van der Waals surface area contributed by atoms with Crippen LogP contribution in [-0.4, -0.2) is 38.2 Å². The Kier molecular flexibility index (Phi) is 4.68. The molecular formula is C20H13NO6. The summed E-state index contributed by atoms with van der Waals surface area (Å²) in [6.07, 6.45) is 1.48. The van der Waals surface area contributed by atoms with E-state index in [2.05, 4.69) is 4.98 Å². The second kappa shape index (κ2) is 7.09. The molecule has 0 aliphatic rings. The van der Waals surface area contributed by atoms with Crippen LogP contribution in [0.1, 0.15) is 31.1 Å². The molecule has 7 heteroatoms. The Bertz CT molecular complexity index is 1070. The zero-order valence-electron chi connectivity index (χ0n) is 13.8. The van der Waals surface area contributed by atoms with Crippen LogP contribution in [0.25, 0.3) is 22.4 Å². The number of rotatable bonds is 5. The summed E-state index contributed by atoms with van der Waals surface area (Å²) in [5.74, 6) is -3.55. The number of aromatic carboxylic acids is 3. The fourth-order valence-electron chi connectivity index (χ4n) is 2.67. The summed E-state index contributed by atoms with van der Waals surface area (Å²) in [4.78, 5) is 38.0. The number of aromatic nitrogens is 1. The third-order valence-electron chi connectivity index (χ3n) is 3.98. The highest BCUT2D eigenvalue weighted by atomic mass is 16.4. The Morgan fingerprint density at radius 1 is 0.704 bits per heavy atom. The van der Waals surface area contributed by atoms with Gasteiger partial charge in [0.15, 0.2) is 0 Å². The lowest BCUT2D eigenvalue weighted by atomic mass is 9.98. The minimum Gasteiger partial charge on any atom is -0.478 e. The molecule has 1 heterocycles. The number of nitrogens with zero attached hydrogens (tertiary/aromatic N) is 1. The number of hydrogen-bond acceptors (Lipinski definition) is 4. The van der Waals surface area contributed by atoms with Gasteiger partial charge in [0.2, 0.25) is 0 Å². The van der Waals surface area contributed by atoms with Gasteiger partial charge in [-0.3, -0.25) is 4.98 Å². The van der Waals surface area contributed by atoms with Crippen molar-refractivity contribution in [3.63, 3.8) is 0 Å². The van der Waals surface area contributed by atoms with Crippen molar-refractivity contribution in [1.82, 2.24) is 4.98 Å². The van der Waals surface area contributed by atoms with Gasteiger partial charge in [0, 0.05) is 11.8 Å². The number of carbonyl (C=O) groups is 3. The first-order valence-corrected chi connectivity index (χ1v) is 7.77. The molecular weight excluding hydrogens is 350 g/mol. The third kappa shape index (κ3) is 3.67. The maximum atomic E-state index is 11.6. The highest BCUT2D eigenvalue weighted by Gasteiger charge is 2.16. The summed E-state index contributed by atoms with van der Waals surface area (Å²) < 4.78 is 0. The highest BCUT2D eigenvalue weighted by molar-refractivity contribution is 5.99. The third-order valence-corrected chi connectivity index (χ3v) is 3.98. The number of carboxylic acids is 3. The van der Waals surface area contributed by atoms with Crippen LogP contribution in [0.3, 0.4) is 0 Å². The van der Waals surface area contributed by atoms with Gasteiger partial charge in [0.25, 0.3) is 0 Å². The summed E-state index contributed by atoms with van der Waals surface area (Å²) in [7, 11) is 0. The number of carboxylic acid groups (broad SMARTS) is 3. The Hall–Kier alpha value is -4.00. The van der Waals surface area contributed by atoms with E-state index in [0.717, 1.165) is 6.07 Å². The molecule has 134 valence electrons. The molecule has 0 aliphatic heterocycles. The molecule has 7 nitrogen and oxygen atoms in total. The van der Waals surface area contributed by atoms with Crippen LogP contribution in [0.2, 0.25) is 0 Å². The maximum Gasteiger partial charge on any atom is 0.336 e. The predicted molar refractivity (Wildman–Crippen MR) is 96.0 cm³/mol. The fraction of sp³-hybridized carbons (Fsp3) is 0. The van der Waals surface area contributed by atoms with Crippen LogP contribution in [-0.2, 0) is 0 Å². The normalized spacial score (nSPS) is 10.4. The van der Waals surface area contributed by atoms with Crippen molar-refractivity contribution in [3.05, 3.63) is 77.5 Å². The molecule has 0 unspecified atom stereocenters. The molecule has 0 amide bonds. The quantitative estimate of drug-likeness (QED) is 0.633. The van der Waals surface area contributed by atoms with Gasteiger partial charge in [-0.1, -0.05) is 18.2 Å². The molecule has 0 atom stereocenters. The standard InChI is InChI=1S/C20H13NO6/c22-18(23)13-3-1-2-11(8-13)12-6-7-21-17(10-12)15-5-4-14(19(24)25)9-16(15)20(26)27/h1-10H,(H,22,23)(H,24,25)(H,26,27). The van der Waals surface area contributed by atoms with E-state index in [-0.39, 0.29) is 22.3 Å². The number of pyridine rings is 1. The lowest BCUT2D eigenvalue weighted by molar-refractivity contribution is 0.0682. The van der Waals surface area contributed by atoms with E-state index in [1.54, 1.807) is 24.3 Å². The first kappa shape index (κ1) is 17.8. The molecule has 0 saturated heterocycles. The van der Waals surface area contributed by atoms with E-state index in [4.69, 9.17) is 10.2 Å². The molecule has 27 heavy (non-hydrogen) atoms. The monoisotopic (exact) mass is 363 g/mol. The fourth-order valence-corrected chi connectivity index (χ4v) is 2.67. The van der Waals surface area contributed by atoms with Crippen LogP contribution in [0.15, 0.2) is 60.8 Å². The van der Waals surface area contributed by atoms with E-state index in [1.807, 2.05) is 0 Å². The van der Waals surface area contributed by atoms with Gasteiger partial charge in [-0.15, -0.1) is 0 Å². The van der Waals surface area contributed by atoms with E-state index >= 15 is 0 Å². The largest absolute Gasteiger partial charge is 0.478 e. The zero-order chi connectivity index (χ0) is 19.6.